The van der Waals surface area contributed by atoms with Crippen LogP contribution >= 0.6 is 0 Å². The Labute approximate surface area is 228 Å². The second-order valence-corrected chi connectivity index (χ2v) is 10.2. The van der Waals surface area contributed by atoms with Gasteiger partial charge >= 0.3 is 11.9 Å². The third kappa shape index (κ3) is 9.75. The van der Waals surface area contributed by atoms with Crippen molar-refractivity contribution in [3.8, 4) is 0 Å². The van der Waals surface area contributed by atoms with Crippen LogP contribution in [0.5, 0.6) is 0 Å². The maximum Gasteiger partial charge on any atom is 0.338 e. The van der Waals surface area contributed by atoms with E-state index in [1.807, 2.05) is 42.5 Å². The minimum atomic E-state index is -0.384. The van der Waals surface area contributed by atoms with E-state index >= 15 is 0 Å². The second kappa shape index (κ2) is 16.8. The van der Waals surface area contributed by atoms with Gasteiger partial charge in [0.15, 0.2) is 0 Å². The first-order valence-electron chi connectivity index (χ1n) is 14.4. The number of rotatable bonds is 17. The SMILES string of the molecule is C=CCCCCCCC[C@H](OC(=O)c1ccccc1)[C@@H]1C[C@H](OC(=O)c2ccccc2)[C@H](CCCCC)O1. The largest absolute Gasteiger partial charge is 0.456 e. The fraction of sp³-hybridized carbons (Fsp3) is 0.515. The molecule has 0 saturated carbocycles. The molecular weight excluding hydrogens is 476 g/mol. The molecule has 1 aliphatic rings. The van der Waals surface area contributed by atoms with Crippen LogP contribution < -0.4 is 0 Å². The Hall–Kier alpha value is -2.92. The average molecular weight is 521 g/mol. The highest BCUT2D eigenvalue weighted by Crippen LogP contribution is 2.32. The molecule has 1 saturated heterocycles. The number of allylic oxidation sites excluding steroid dienone is 1. The highest BCUT2D eigenvalue weighted by atomic mass is 16.6. The van der Waals surface area contributed by atoms with Gasteiger partial charge in [0, 0.05) is 6.42 Å². The molecule has 0 amide bonds. The molecular formula is C33H44O5. The molecule has 0 unspecified atom stereocenters. The number of hydrogen-bond donors (Lipinski definition) is 0. The Bertz CT molecular complexity index is 958. The van der Waals surface area contributed by atoms with Crippen LogP contribution in [0.1, 0.15) is 105 Å². The first-order valence-corrected chi connectivity index (χ1v) is 14.4. The summed E-state index contributed by atoms with van der Waals surface area (Å²) < 4.78 is 18.5. The lowest BCUT2D eigenvalue weighted by molar-refractivity contribution is -0.0628. The van der Waals surface area contributed by atoms with Gasteiger partial charge in [-0.3, -0.25) is 0 Å². The summed E-state index contributed by atoms with van der Waals surface area (Å²) in [5.41, 5.74) is 1.07. The Morgan fingerprint density at radius 3 is 2.18 bits per heavy atom. The van der Waals surface area contributed by atoms with Gasteiger partial charge in [0.2, 0.25) is 0 Å². The van der Waals surface area contributed by atoms with Crippen LogP contribution in [0.15, 0.2) is 73.3 Å². The first kappa shape index (κ1) is 29.6. The molecule has 0 aliphatic carbocycles. The van der Waals surface area contributed by atoms with Gasteiger partial charge in [-0.05, 0) is 56.4 Å². The number of hydrogen-bond acceptors (Lipinski definition) is 5. The van der Waals surface area contributed by atoms with E-state index in [9.17, 15) is 9.59 Å². The highest BCUT2D eigenvalue weighted by molar-refractivity contribution is 5.90. The van der Waals surface area contributed by atoms with E-state index in [2.05, 4.69) is 13.5 Å². The second-order valence-electron chi connectivity index (χ2n) is 10.2. The normalized spacial score (nSPS) is 19.6. The number of carbonyl (C=O) groups is 2. The van der Waals surface area contributed by atoms with Gasteiger partial charge in [-0.1, -0.05) is 87.9 Å². The lowest BCUT2D eigenvalue weighted by atomic mass is 9.99. The molecule has 0 aromatic heterocycles. The van der Waals surface area contributed by atoms with Crippen molar-refractivity contribution in [1.82, 2.24) is 0 Å². The van der Waals surface area contributed by atoms with E-state index < -0.39 is 0 Å². The van der Waals surface area contributed by atoms with E-state index in [1.165, 1.54) is 6.42 Å². The summed E-state index contributed by atoms with van der Waals surface area (Å²) in [7, 11) is 0. The van der Waals surface area contributed by atoms with Gasteiger partial charge in [-0.2, -0.15) is 0 Å². The van der Waals surface area contributed by atoms with Crippen molar-refractivity contribution in [3.05, 3.63) is 84.4 Å². The van der Waals surface area contributed by atoms with Crippen molar-refractivity contribution >= 4 is 11.9 Å². The third-order valence-corrected chi connectivity index (χ3v) is 7.17. The van der Waals surface area contributed by atoms with Crippen LogP contribution in [-0.4, -0.2) is 36.4 Å². The lowest BCUT2D eigenvalue weighted by Gasteiger charge is -2.24. The van der Waals surface area contributed by atoms with Gasteiger partial charge in [-0.15, -0.1) is 6.58 Å². The predicted molar refractivity (Wildman–Crippen MR) is 151 cm³/mol. The summed E-state index contributed by atoms with van der Waals surface area (Å²) in [4.78, 5) is 25.8. The van der Waals surface area contributed by atoms with Gasteiger partial charge in [0.05, 0.1) is 23.3 Å². The molecule has 2 aromatic carbocycles. The van der Waals surface area contributed by atoms with Crippen molar-refractivity contribution in [2.45, 2.75) is 108 Å². The number of ether oxygens (including phenoxy) is 3. The summed E-state index contributed by atoms with van der Waals surface area (Å²) in [6, 6.07) is 18.2. The van der Waals surface area contributed by atoms with Crippen molar-refractivity contribution in [3.63, 3.8) is 0 Å². The van der Waals surface area contributed by atoms with Gasteiger partial charge in [0.1, 0.15) is 12.2 Å². The van der Waals surface area contributed by atoms with E-state index in [1.54, 1.807) is 24.3 Å². The zero-order valence-electron chi connectivity index (χ0n) is 22.9. The Balaban J connectivity index is 1.67. The Morgan fingerprint density at radius 2 is 1.53 bits per heavy atom. The molecule has 1 fully saturated rings. The third-order valence-electron chi connectivity index (χ3n) is 7.17. The molecule has 0 bridgehead atoms. The zero-order chi connectivity index (χ0) is 27.0. The fourth-order valence-electron chi connectivity index (χ4n) is 5.01. The average Bonchev–Trinajstić information content (AvgIpc) is 3.35. The van der Waals surface area contributed by atoms with Crippen molar-refractivity contribution in [2.75, 3.05) is 0 Å². The van der Waals surface area contributed by atoms with Gasteiger partial charge in [-0.25, -0.2) is 9.59 Å². The molecule has 1 aliphatic heterocycles. The summed E-state index contributed by atoms with van der Waals surface area (Å²) in [5.74, 6) is -0.671. The van der Waals surface area contributed by atoms with Crippen LogP contribution in [0.25, 0.3) is 0 Å². The highest BCUT2D eigenvalue weighted by Gasteiger charge is 2.42. The van der Waals surface area contributed by atoms with E-state index in [-0.39, 0.29) is 36.4 Å². The van der Waals surface area contributed by atoms with Crippen molar-refractivity contribution < 1.29 is 23.8 Å². The molecule has 38 heavy (non-hydrogen) atoms. The fourth-order valence-corrected chi connectivity index (χ4v) is 5.01. The molecule has 1 heterocycles. The Kier molecular flexibility index (Phi) is 13.1. The van der Waals surface area contributed by atoms with E-state index in [0.717, 1.165) is 64.2 Å². The molecule has 206 valence electrons. The van der Waals surface area contributed by atoms with Crippen LogP contribution in [-0.2, 0) is 14.2 Å². The maximum absolute atomic E-state index is 13.0. The zero-order valence-corrected chi connectivity index (χ0v) is 22.9. The molecule has 4 atom stereocenters. The molecule has 5 nitrogen and oxygen atoms in total. The quantitative estimate of drug-likeness (QED) is 0.120. The van der Waals surface area contributed by atoms with Crippen molar-refractivity contribution in [2.24, 2.45) is 0 Å². The summed E-state index contributed by atoms with van der Waals surface area (Å²) in [6.07, 6.45) is 12.6. The predicted octanol–water partition coefficient (Wildman–Crippen LogP) is 8.09. The molecule has 3 rings (SSSR count). The molecule has 0 radical (unpaired) electrons. The van der Waals surface area contributed by atoms with E-state index in [4.69, 9.17) is 14.2 Å². The minimum absolute atomic E-state index is 0.198. The molecule has 5 heteroatoms. The first-order chi connectivity index (χ1) is 18.6. The molecule has 0 spiro atoms. The minimum Gasteiger partial charge on any atom is -0.456 e. The number of esters is 2. The van der Waals surface area contributed by atoms with Crippen LogP contribution in [0.3, 0.4) is 0 Å². The van der Waals surface area contributed by atoms with E-state index in [0.29, 0.717) is 17.5 Å². The van der Waals surface area contributed by atoms with Crippen LogP contribution in [0.2, 0.25) is 0 Å². The number of benzene rings is 2. The summed E-state index contributed by atoms with van der Waals surface area (Å²) in [6.45, 7) is 5.96. The van der Waals surface area contributed by atoms with Crippen LogP contribution in [0.4, 0.5) is 0 Å². The maximum atomic E-state index is 13.0. The monoisotopic (exact) mass is 520 g/mol. The lowest BCUT2D eigenvalue weighted by Crippen LogP contribution is -2.32. The van der Waals surface area contributed by atoms with Crippen molar-refractivity contribution in [1.29, 1.82) is 0 Å². The standard InChI is InChI=1S/C33H44O5/c1-3-5-7-8-9-10-18-24-29(37-32(34)26-19-14-11-15-20-26)30-25-31(28(36-30)23-13-6-4-2)38-33(35)27-21-16-12-17-22-27/h3,11-12,14-17,19-22,28-31H,1,4-10,13,18,23-25H2,2H3/t28-,29-,30-,31-/m0/s1. The molecule has 0 N–H and O–H groups in total. The van der Waals surface area contributed by atoms with Crippen LogP contribution in [0, 0.1) is 0 Å². The molecule has 2 aromatic rings. The summed E-state index contributed by atoms with van der Waals surface area (Å²) >= 11 is 0. The number of unbranched alkanes of at least 4 members (excludes halogenated alkanes) is 7. The topological polar surface area (TPSA) is 61.8 Å². The van der Waals surface area contributed by atoms with Gasteiger partial charge in [0.25, 0.3) is 0 Å². The summed E-state index contributed by atoms with van der Waals surface area (Å²) in [5, 5.41) is 0. The van der Waals surface area contributed by atoms with Gasteiger partial charge < -0.3 is 14.2 Å². The number of carbonyl (C=O) groups excluding carboxylic acids is 2. The Morgan fingerprint density at radius 1 is 0.895 bits per heavy atom. The smallest absolute Gasteiger partial charge is 0.338 e.